The predicted molar refractivity (Wildman–Crippen MR) is 64.2 cm³/mol. The lowest BCUT2D eigenvalue weighted by molar-refractivity contribution is 0.129. The molecule has 0 heterocycles. The third-order valence-electron chi connectivity index (χ3n) is 1.66. The maximum absolute atomic E-state index is 5.76. The van der Waals surface area contributed by atoms with Gasteiger partial charge in [0.15, 0.2) is 0 Å². The van der Waals surface area contributed by atoms with Gasteiger partial charge in [-0.3, -0.25) is 0 Å². The number of nitrogens with zero attached hydrogens (tertiary/aromatic N) is 1. The molecule has 0 radical (unpaired) electrons. The Bertz CT molecular complexity index is 324. The first-order valence-corrected chi connectivity index (χ1v) is 5.26. The molecule has 0 bridgehead atoms. The monoisotopic (exact) mass is 225 g/mol. The van der Waals surface area contributed by atoms with Crippen LogP contribution in [0.25, 0.3) is 0 Å². The summed E-state index contributed by atoms with van der Waals surface area (Å²) in [4.78, 5) is 5.16. The van der Waals surface area contributed by atoms with Crippen molar-refractivity contribution in [3.63, 3.8) is 0 Å². The van der Waals surface area contributed by atoms with Crippen LogP contribution in [0.5, 0.6) is 0 Å². The molecule has 0 aliphatic carbocycles. The van der Waals surface area contributed by atoms with E-state index in [1.807, 2.05) is 24.3 Å². The molecule has 1 aromatic carbocycles. The van der Waals surface area contributed by atoms with Crippen LogP contribution >= 0.6 is 11.6 Å². The zero-order valence-electron chi connectivity index (χ0n) is 9.33. The van der Waals surface area contributed by atoms with E-state index in [1.54, 1.807) is 6.21 Å². The van der Waals surface area contributed by atoms with Crippen molar-refractivity contribution >= 4 is 17.8 Å². The first-order valence-electron chi connectivity index (χ1n) is 4.88. The van der Waals surface area contributed by atoms with Crippen LogP contribution < -0.4 is 0 Å². The number of hydrogen-bond acceptors (Lipinski definition) is 2. The highest BCUT2D eigenvalue weighted by molar-refractivity contribution is 6.30. The molecule has 3 heteroatoms. The Hall–Kier alpha value is -1.02. The van der Waals surface area contributed by atoms with E-state index in [4.69, 9.17) is 16.4 Å². The molecule has 1 rings (SSSR count). The van der Waals surface area contributed by atoms with Crippen molar-refractivity contribution in [1.82, 2.24) is 0 Å². The molecule has 2 nitrogen and oxygen atoms in total. The highest BCUT2D eigenvalue weighted by Gasteiger charge is 2.04. The summed E-state index contributed by atoms with van der Waals surface area (Å²) in [6.07, 6.45) is 1.79. The minimum atomic E-state index is 0.0556. The van der Waals surface area contributed by atoms with Gasteiger partial charge in [-0.15, -0.1) is 0 Å². The largest absolute Gasteiger partial charge is 0.391 e. The van der Waals surface area contributed by atoms with E-state index in [0.29, 0.717) is 6.61 Å². The third-order valence-corrected chi connectivity index (χ3v) is 1.91. The van der Waals surface area contributed by atoms with Crippen LogP contribution in [0.4, 0.5) is 0 Å². The molecule has 0 amide bonds. The second-order valence-corrected chi connectivity index (χ2v) is 4.94. The minimum Gasteiger partial charge on any atom is -0.391 e. The van der Waals surface area contributed by atoms with Gasteiger partial charge >= 0.3 is 0 Å². The molecule has 0 atom stereocenters. The summed E-state index contributed by atoms with van der Waals surface area (Å²) in [7, 11) is 0. The molecule has 0 spiro atoms. The van der Waals surface area contributed by atoms with E-state index in [0.717, 1.165) is 10.6 Å². The van der Waals surface area contributed by atoms with Crippen LogP contribution in [-0.4, -0.2) is 6.21 Å². The highest BCUT2D eigenvalue weighted by Crippen LogP contribution is 2.11. The molecular formula is C12H16ClNO. The smallest absolute Gasteiger partial charge is 0.142 e. The van der Waals surface area contributed by atoms with Crippen LogP contribution in [0.3, 0.4) is 0 Å². The summed E-state index contributed by atoms with van der Waals surface area (Å²) in [5, 5.41) is 4.64. The summed E-state index contributed by atoms with van der Waals surface area (Å²) in [5.74, 6) is 0. The molecule has 0 aliphatic heterocycles. The average molecular weight is 226 g/mol. The van der Waals surface area contributed by atoms with Gasteiger partial charge in [0.2, 0.25) is 0 Å². The van der Waals surface area contributed by atoms with Gasteiger partial charge in [0, 0.05) is 16.7 Å². The summed E-state index contributed by atoms with van der Waals surface area (Å²) in [6, 6.07) is 7.53. The summed E-state index contributed by atoms with van der Waals surface area (Å²) < 4.78 is 0. The van der Waals surface area contributed by atoms with Crippen molar-refractivity contribution in [1.29, 1.82) is 0 Å². The van der Waals surface area contributed by atoms with E-state index < -0.39 is 0 Å². The topological polar surface area (TPSA) is 21.6 Å². The van der Waals surface area contributed by atoms with E-state index in [1.165, 1.54) is 0 Å². The fraction of sp³-hybridized carbons (Fsp3) is 0.417. The number of benzene rings is 1. The fourth-order valence-electron chi connectivity index (χ4n) is 0.888. The van der Waals surface area contributed by atoms with E-state index in [9.17, 15) is 0 Å². The first-order chi connectivity index (χ1) is 6.97. The van der Waals surface area contributed by atoms with Crippen molar-refractivity contribution in [2.75, 3.05) is 0 Å². The van der Waals surface area contributed by atoms with Crippen LogP contribution in [0.15, 0.2) is 29.4 Å². The lowest BCUT2D eigenvalue weighted by atomic mass is 10.00. The van der Waals surface area contributed by atoms with Gasteiger partial charge in [0.25, 0.3) is 0 Å². The van der Waals surface area contributed by atoms with Gasteiger partial charge in [-0.05, 0) is 17.7 Å². The normalized spacial score (nSPS) is 12.0. The van der Waals surface area contributed by atoms with E-state index in [-0.39, 0.29) is 5.41 Å². The van der Waals surface area contributed by atoms with Gasteiger partial charge in [0.1, 0.15) is 6.61 Å². The van der Waals surface area contributed by atoms with Crippen molar-refractivity contribution in [2.45, 2.75) is 27.4 Å². The quantitative estimate of drug-likeness (QED) is 0.565. The number of oxime groups is 1. The number of rotatable bonds is 3. The van der Waals surface area contributed by atoms with Crippen LogP contribution in [0, 0.1) is 5.41 Å². The van der Waals surface area contributed by atoms with Crippen molar-refractivity contribution < 1.29 is 4.84 Å². The molecule has 0 unspecified atom stereocenters. The lowest BCUT2D eigenvalue weighted by Gasteiger charge is -2.09. The molecule has 0 aliphatic rings. The molecular weight excluding hydrogens is 210 g/mol. The van der Waals surface area contributed by atoms with E-state index >= 15 is 0 Å². The molecule has 0 fully saturated rings. The molecule has 0 saturated heterocycles. The van der Waals surface area contributed by atoms with Gasteiger partial charge in [-0.2, -0.15) is 0 Å². The number of hydrogen-bond donors (Lipinski definition) is 0. The SMILES string of the molecule is CC(C)(C)C=NOCc1ccc(Cl)cc1. The fourth-order valence-corrected chi connectivity index (χ4v) is 1.01. The molecule has 1 aromatic rings. The average Bonchev–Trinajstić information content (AvgIpc) is 2.14. The van der Waals surface area contributed by atoms with E-state index in [2.05, 4.69) is 25.9 Å². The van der Waals surface area contributed by atoms with Gasteiger partial charge in [-0.25, -0.2) is 0 Å². The van der Waals surface area contributed by atoms with Crippen LogP contribution in [0.2, 0.25) is 5.02 Å². The standard InChI is InChI=1S/C12H16ClNO/c1-12(2,3)9-14-15-8-10-4-6-11(13)7-5-10/h4-7,9H,8H2,1-3H3. The van der Waals surface area contributed by atoms with Crippen LogP contribution in [-0.2, 0) is 11.4 Å². The molecule has 0 aromatic heterocycles. The second kappa shape index (κ2) is 5.17. The molecule has 0 saturated carbocycles. The van der Waals surface area contributed by atoms with Crippen molar-refractivity contribution in [2.24, 2.45) is 10.6 Å². The first kappa shape index (κ1) is 12.1. The summed E-state index contributed by atoms with van der Waals surface area (Å²) in [5.41, 5.74) is 1.12. The molecule has 15 heavy (non-hydrogen) atoms. The summed E-state index contributed by atoms with van der Waals surface area (Å²) >= 11 is 5.76. The van der Waals surface area contributed by atoms with Gasteiger partial charge in [0.05, 0.1) is 0 Å². The maximum Gasteiger partial charge on any atom is 0.142 e. The van der Waals surface area contributed by atoms with Crippen LogP contribution in [0.1, 0.15) is 26.3 Å². The Morgan fingerprint density at radius 2 is 1.87 bits per heavy atom. The Balaban J connectivity index is 2.38. The zero-order valence-corrected chi connectivity index (χ0v) is 10.1. The van der Waals surface area contributed by atoms with Crippen molar-refractivity contribution in [3.8, 4) is 0 Å². The minimum absolute atomic E-state index is 0.0556. The third kappa shape index (κ3) is 5.43. The van der Waals surface area contributed by atoms with Crippen molar-refractivity contribution in [3.05, 3.63) is 34.9 Å². The molecule has 0 N–H and O–H groups in total. The number of halogens is 1. The maximum atomic E-state index is 5.76. The molecule has 82 valence electrons. The highest BCUT2D eigenvalue weighted by atomic mass is 35.5. The van der Waals surface area contributed by atoms with Gasteiger partial charge < -0.3 is 4.84 Å². The Kier molecular flexibility index (Phi) is 4.15. The second-order valence-electron chi connectivity index (χ2n) is 4.50. The summed E-state index contributed by atoms with van der Waals surface area (Å²) in [6.45, 7) is 6.69. The Morgan fingerprint density at radius 1 is 1.27 bits per heavy atom. The Morgan fingerprint density at radius 3 is 2.40 bits per heavy atom. The van der Waals surface area contributed by atoms with Gasteiger partial charge in [-0.1, -0.05) is 49.7 Å². The Labute approximate surface area is 95.9 Å². The lowest BCUT2D eigenvalue weighted by Crippen LogP contribution is -2.06. The predicted octanol–water partition coefficient (Wildman–Crippen LogP) is 3.89. The zero-order chi connectivity index (χ0) is 11.3.